The van der Waals surface area contributed by atoms with Gasteiger partial charge in [0.25, 0.3) is 0 Å². The summed E-state index contributed by atoms with van der Waals surface area (Å²) < 4.78 is 18.2. The molecule has 0 radical (unpaired) electrons. The fourth-order valence-corrected chi connectivity index (χ4v) is 2.73. The molecule has 3 nitrogen and oxygen atoms in total. The molecule has 1 aromatic carbocycles. The molecule has 98 valence electrons. The normalized spacial score (nSPS) is 26.3. The fourth-order valence-electron chi connectivity index (χ4n) is 2.73. The van der Waals surface area contributed by atoms with Crippen molar-refractivity contribution in [2.45, 2.75) is 32.2 Å². The number of hydrogen-bond donors (Lipinski definition) is 1. The van der Waals surface area contributed by atoms with E-state index in [0.717, 1.165) is 18.4 Å². The highest BCUT2D eigenvalue weighted by atomic mass is 19.1. The molecule has 1 aromatic rings. The van der Waals surface area contributed by atoms with Crippen LogP contribution in [-0.2, 0) is 9.53 Å². The van der Waals surface area contributed by atoms with Crippen molar-refractivity contribution in [1.29, 1.82) is 0 Å². The van der Waals surface area contributed by atoms with Crippen molar-refractivity contribution in [3.05, 3.63) is 29.6 Å². The molecule has 1 fully saturated rings. The fraction of sp³-hybridized carbons (Fsp3) is 0.500. The minimum Gasteiger partial charge on any atom is -0.467 e. The number of rotatable bonds is 3. The van der Waals surface area contributed by atoms with Crippen molar-refractivity contribution in [3.63, 3.8) is 0 Å². The van der Waals surface area contributed by atoms with Crippen molar-refractivity contribution in [1.82, 2.24) is 0 Å². The maximum absolute atomic E-state index is 13.3. The van der Waals surface area contributed by atoms with E-state index in [9.17, 15) is 9.18 Å². The summed E-state index contributed by atoms with van der Waals surface area (Å²) in [5, 5.41) is 3.14. The third-order valence-electron chi connectivity index (χ3n) is 3.40. The molecule has 0 heterocycles. The Kier molecular flexibility index (Phi) is 3.28. The van der Waals surface area contributed by atoms with Gasteiger partial charge in [-0.1, -0.05) is 6.92 Å². The van der Waals surface area contributed by atoms with Crippen LogP contribution in [-0.4, -0.2) is 18.6 Å². The lowest BCUT2D eigenvalue weighted by Gasteiger charge is -2.44. The first-order chi connectivity index (χ1) is 8.45. The third kappa shape index (κ3) is 2.33. The van der Waals surface area contributed by atoms with Gasteiger partial charge in [0.2, 0.25) is 0 Å². The van der Waals surface area contributed by atoms with E-state index in [0.29, 0.717) is 11.6 Å². The Morgan fingerprint density at radius 2 is 2.11 bits per heavy atom. The summed E-state index contributed by atoms with van der Waals surface area (Å²) in [5.41, 5.74) is 0.767. The van der Waals surface area contributed by atoms with Crippen LogP contribution in [0.2, 0.25) is 0 Å². The molecule has 18 heavy (non-hydrogen) atoms. The number of anilines is 1. The van der Waals surface area contributed by atoms with Crippen molar-refractivity contribution in [3.8, 4) is 0 Å². The first kappa shape index (κ1) is 12.9. The SMILES string of the molecule is COC(=O)C1(Nc2cc(C)cc(F)c2)CC(C)C1. The average molecular weight is 251 g/mol. The van der Waals surface area contributed by atoms with E-state index in [1.807, 2.05) is 13.0 Å². The molecule has 1 aliphatic carbocycles. The van der Waals surface area contributed by atoms with E-state index < -0.39 is 5.54 Å². The number of aryl methyl sites for hydroxylation is 1. The molecule has 1 aliphatic rings. The molecule has 0 amide bonds. The van der Waals surface area contributed by atoms with E-state index >= 15 is 0 Å². The van der Waals surface area contributed by atoms with Gasteiger partial charge in [0.15, 0.2) is 0 Å². The van der Waals surface area contributed by atoms with Gasteiger partial charge in [-0.2, -0.15) is 0 Å². The number of ether oxygens (including phenoxy) is 1. The summed E-state index contributed by atoms with van der Waals surface area (Å²) in [6, 6.07) is 4.69. The summed E-state index contributed by atoms with van der Waals surface area (Å²) >= 11 is 0. The van der Waals surface area contributed by atoms with E-state index in [4.69, 9.17) is 4.74 Å². The number of esters is 1. The van der Waals surface area contributed by atoms with Gasteiger partial charge in [0.1, 0.15) is 11.4 Å². The molecule has 0 saturated heterocycles. The number of carbonyl (C=O) groups is 1. The van der Waals surface area contributed by atoms with Crippen molar-refractivity contribution in [2.24, 2.45) is 5.92 Å². The highest BCUT2D eigenvalue weighted by Gasteiger charge is 2.49. The molecule has 0 bridgehead atoms. The van der Waals surface area contributed by atoms with E-state index in [2.05, 4.69) is 12.2 Å². The number of benzene rings is 1. The highest BCUT2D eigenvalue weighted by molar-refractivity contribution is 5.85. The number of methoxy groups -OCH3 is 1. The lowest BCUT2D eigenvalue weighted by atomic mass is 9.69. The second kappa shape index (κ2) is 4.59. The van der Waals surface area contributed by atoms with E-state index in [1.165, 1.54) is 19.2 Å². The van der Waals surface area contributed by atoms with Gasteiger partial charge < -0.3 is 10.1 Å². The van der Waals surface area contributed by atoms with Crippen LogP contribution in [0.4, 0.5) is 10.1 Å². The number of halogens is 1. The van der Waals surface area contributed by atoms with Gasteiger partial charge in [0.05, 0.1) is 7.11 Å². The molecule has 0 atom stereocenters. The van der Waals surface area contributed by atoms with Crippen LogP contribution in [0, 0.1) is 18.7 Å². The molecular formula is C14H18FNO2. The van der Waals surface area contributed by atoms with Crippen LogP contribution in [0.25, 0.3) is 0 Å². The Labute approximate surface area is 106 Å². The predicted octanol–water partition coefficient (Wildman–Crippen LogP) is 2.89. The van der Waals surface area contributed by atoms with Crippen LogP contribution in [0.1, 0.15) is 25.3 Å². The summed E-state index contributed by atoms with van der Waals surface area (Å²) in [6.07, 6.45) is 1.43. The van der Waals surface area contributed by atoms with E-state index in [-0.39, 0.29) is 11.8 Å². The lowest BCUT2D eigenvalue weighted by Crippen LogP contribution is -2.56. The molecular weight excluding hydrogens is 233 g/mol. The maximum atomic E-state index is 13.3. The highest BCUT2D eigenvalue weighted by Crippen LogP contribution is 2.41. The molecule has 0 aliphatic heterocycles. The minimum absolute atomic E-state index is 0.275. The standard InChI is InChI=1S/C14H18FNO2/c1-9-4-11(15)6-12(5-9)16-14(13(17)18-3)7-10(2)8-14/h4-6,10,16H,7-8H2,1-3H3. The van der Waals surface area contributed by atoms with Crippen molar-refractivity contribution >= 4 is 11.7 Å². The Morgan fingerprint density at radius 1 is 1.44 bits per heavy atom. The zero-order chi connectivity index (χ0) is 13.3. The van der Waals surface area contributed by atoms with Crippen LogP contribution in [0.3, 0.4) is 0 Å². The summed E-state index contributed by atoms with van der Waals surface area (Å²) in [5.74, 6) is -0.0985. The second-order valence-electron chi connectivity index (χ2n) is 5.23. The number of carbonyl (C=O) groups excluding carboxylic acids is 1. The smallest absolute Gasteiger partial charge is 0.331 e. The maximum Gasteiger partial charge on any atom is 0.331 e. The quantitative estimate of drug-likeness (QED) is 0.839. The monoisotopic (exact) mass is 251 g/mol. The molecule has 1 N–H and O–H groups in total. The number of hydrogen-bond acceptors (Lipinski definition) is 3. The first-order valence-corrected chi connectivity index (χ1v) is 6.09. The Hall–Kier alpha value is -1.58. The first-order valence-electron chi connectivity index (χ1n) is 6.09. The molecule has 0 aromatic heterocycles. The Balaban J connectivity index is 2.22. The summed E-state index contributed by atoms with van der Waals surface area (Å²) in [6.45, 7) is 3.90. The van der Waals surface area contributed by atoms with Gasteiger partial charge in [-0.05, 0) is 49.4 Å². The predicted molar refractivity (Wildman–Crippen MR) is 67.9 cm³/mol. The van der Waals surface area contributed by atoms with Crippen molar-refractivity contribution in [2.75, 3.05) is 12.4 Å². The minimum atomic E-state index is -0.686. The Morgan fingerprint density at radius 3 is 2.61 bits per heavy atom. The van der Waals surface area contributed by atoms with Gasteiger partial charge in [-0.3, -0.25) is 0 Å². The van der Waals surface area contributed by atoms with Gasteiger partial charge >= 0.3 is 5.97 Å². The zero-order valence-corrected chi connectivity index (χ0v) is 10.9. The third-order valence-corrected chi connectivity index (χ3v) is 3.40. The topological polar surface area (TPSA) is 38.3 Å². The molecule has 4 heteroatoms. The summed E-state index contributed by atoms with van der Waals surface area (Å²) in [7, 11) is 1.38. The van der Waals surface area contributed by atoms with E-state index in [1.54, 1.807) is 0 Å². The molecule has 2 rings (SSSR count). The zero-order valence-electron chi connectivity index (χ0n) is 10.9. The largest absolute Gasteiger partial charge is 0.467 e. The van der Waals surface area contributed by atoms with Crippen LogP contribution in [0.15, 0.2) is 18.2 Å². The number of nitrogens with one attached hydrogen (secondary N) is 1. The van der Waals surface area contributed by atoms with Crippen LogP contribution < -0.4 is 5.32 Å². The second-order valence-corrected chi connectivity index (χ2v) is 5.23. The van der Waals surface area contributed by atoms with Gasteiger partial charge in [0, 0.05) is 5.69 Å². The molecule has 0 spiro atoms. The van der Waals surface area contributed by atoms with Gasteiger partial charge in [-0.15, -0.1) is 0 Å². The molecule has 0 unspecified atom stereocenters. The van der Waals surface area contributed by atoms with Crippen LogP contribution in [0.5, 0.6) is 0 Å². The summed E-state index contributed by atoms with van der Waals surface area (Å²) in [4.78, 5) is 11.9. The Bertz CT molecular complexity index is 447. The lowest BCUT2D eigenvalue weighted by molar-refractivity contribution is -0.150. The van der Waals surface area contributed by atoms with Crippen molar-refractivity contribution < 1.29 is 13.9 Å². The molecule has 1 saturated carbocycles. The van der Waals surface area contributed by atoms with Gasteiger partial charge in [-0.25, -0.2) is 9.18 Å². The van der Waals surface area contributed by atoms with Crippen LogP contribution >= 0.6 is 0 Å². The average Bonchev–Trinajstić information content (AvgIpc) is 2.24.